The highest BCUT2D eigenvalue weighted by Gasteiger charge is 2.56. The zero-order valence-electron chi connectivity index (χ0n) is 20.7. The highest BCUT2D eigenvalue weighted by atomic mass is 79.9. The lowest BCUT2D eigenvalue weighted by atomic mass is 10.0. The van der Waals surface area contributed by atoms with Gasteiger partial charge in [-0.15, -0.1) is 0 Å². The number of urea groups is 1. The number of aryl methyl sites for hydroxylation is 1. The number of fused-ring (bicyclic) bond motifs is 4. The molecule has 0 radical (unpaired) electrons. The third kappa shape index (κ3) is 5.85. The molecule has 40 heavy (non-hydrogen) atoms. The van der Waals surface area contributed by atoms with Crippen LogP contribution in [0.3, 0.4) is 0 Å². The lowest BCUT2D eigenvalue weighted by Gasteiger charge is -2.44. The molecule has 2 bridgehead atoms. The van der Waals surface area contributed by atoms with Crippen molar-refractivity contribution in [3.63, 3.8) is 0 Å². The molecule has 1 aromatic rings. The third-order valence-corrected chi connectivity index (χ3v) is 7.54. The molecule has 18 nitrogen and oxygen atoms in total. The molecular weight excluding hydrogens is 600 g/mol. The van der Waals surface area contributed by atoms with Crippen molar-refractivity contribution < 1.29 is 28.9 Å². The smallest absolute Gasteiger partial charge is 0.330 e. The van der Waals surface area contributed by atoms with Gasteiger partial charge in [-0.3, -0.25) is 29.4 Å². The zero-order valence-corrected chi connectivity index (χ0v) is 22.3. The second-order valence-electron chi connectivity index (χ2n) is 9.36. The van der Waals surface area contributed by atoms with Crippen LogP contribution in [0.25, 0.3) is 20.9 Å². The van der Waals surface area contributed by atoms with E-state index >= 15 is 0 Å². The van der Waals surface area contributed by atoms with Gasteiger partial charge in [-0.1, -0.05) is 33.6 Å². The van der Waals surface area contributed by atoms with Crippen molar-refractivity contribution in [3.05, 3.63) is 53.5 Å². The van der Waals surface area contributed by atoms with E-state index in [-0.39, 0.29) is 33.1 Å². The molecule has 3 N–H and O–H groups in total. The van der Waals surface area contributed by atoms with Crippen LogP contribution < -0.4 is 16.6 Å². The van der Waals surface area contributed by atoms with E-state index in [9.17, 15) is 19.2 Å². The van der Waals surface area contributed by atoms with Crippen molar-refractivity contribution >= 4 is 27.9 Å². The van der Waals surface area contributed by atoms with Crippen LogP contribution in [0.5, 0.6) is 0 Å². The molecule has 8 atom stereocenters. The van der Waals surface area contributed by atoms with Gasteiger partial charge in [0.2, 0.25) is 5.91 Å². The minimum Gasteiger partial charge on any atom is -0.394 e. The Labute approximate surface area is 234 Å². The Kier molecular flexibility index (Phi) is 9.63. The number of nitrogens with one attached hydrogen (secondary N) is 2. The molecule has 0 spiro atoms. The summed E-state index contributed by atoms with van der Waals surface area (Å²) in [6.07, 6.45) is -1.03. The first kappa shape index (κ1) is 31.1. The van der Waals surface area contributed by atoms with Crippen LogP contribution in [0, 0.1) is 6.92 Å². The number of aromatic amines is 1. The minimum absolute atomic E-state index is 0. The number of halogens is 1. The molecule has 0 saturated carbocycles. The second kappa shape index (κ2) is 12.4. The first-order valence-electron chi connectivity index (χ1n) is 11.8. The van der Waals surface area contributed by atoms with Gasteiger partial charge in [-0.2, -0.15) is 0 Å². The molecule has 4 aliphatic heterocycles. The van der Waals surface area contributed by atoms with Gasteiger partial charge in [-0.05, 0) is 24.9 Å². The van der Waals surface area contributed by atoms with Gasteiger partial charge in [0.25, 0.3) is 5.56 Å². The molecular formula is C21H29BrN10O8. The van der Waals surface area contributed by atoms with E-state index < -0.39 is 64.4 Å². The molecule has 4 saturated heterocycles. The monoisotopic (exact) mass is 628 g/mol. The number of H-pyrrole nitrogens is 1. The number of carbonyl (C=O) groups is 2. The number of hydrogen-bond donors (Lipinski definition) is 3. The molecule has 3 amide bonds. The fraction of sp³-hybridized carbons (Fsp3) is 0.714. The van der Waals surface area contributed by atoms with Gasteiger partial charge in [0, 0.05) is 34.4 Å². The number of amides is 3. The molecule has 5 heterocycles. The molecule has 0 aliphatic carbocycles. The maximum absolute atomic E-state index is 12.0. The van der Waals surface area contributed by atoms with Gasteiger partial charge >= 0.3 is 11.7 Å². The predicted molar refractivity (Wildman–Crippen MR) is 140 cm³/mol. The van der Waals surface area contributed by atoms with Crippen LogP contribution in [0.1, 0.15) is 39.0 Å². The van der Waals surface area contributed by atoms with E-state index in [1.54, 1.807) is 13.8 Å². The summed E-state index contributed by atoms with van der Waals surface area (Å²) in [7, 11) is 0. The standard InChI is InChI=1S/C10H12BrN5O4.C10H13N5O4.CH4/c1-10(11)7(17)13-9(18)16-6-2-4(14-15-12)5(20-6)3-19-8(10)16;1-5-3-15(10(18)12-9(5)17)8-2-6(13-14-11)7(4-16)19-8;/h4-6,8H,2-3H2,1H3,(H,13,17,18);3,6-8,16H,2,4H2,1H3,(H,12,17,18);1H4. The van der Waals surface area contributed by atoms with Crippen molar-refractivity contribution in [1.29, 1.82) is 0 Å². The van der Waals surface area contributed by atoms with Crippen molar-refractivity contribution in [1.82, 2.24) is 19.8 Å². The average molecular weight is 629 g/mol. The first-order valence-corrected chi connectivity index (χ1v) is 12.6. The van der Waals surface area contributed by atoms with Gasteiger partial charge in [-0.25, -0.2) is 9.59 Å². The maximum Gasteiger partial charge on any atom is 0.330 e. The number of aromatic nitrogens is 2. The van der Waals surface area contributed by atoms with Crippen LogP contribution in [-0.4, -0.2) is 85.8 Å². The lowest BCUT2D eigenvalue weighted by Crippen LogP contribution is -2.69. The summed E-state index contributed by atoms with van der Waals surface area (Å²) in [4.78, 5) is 55.9. The largest absolute Gasteiger partial charge is 0.394 e. The fourth-order valence-electron chi connectivity index (χ4n) is 4.73. The molecule has 4 fully saturated rings. The number of nitrogens with zero attached hydrogens (tertiary/aromatic N) is 8. The Morgan fingerprint density at radius 1 is 1.15 bits per heavy atom. The topological polar surface area (TPSA) is 250 Å². The summed E-state index contributed by atoms with van der Waals surface area (Å²) in [5, 5.41) is 18.6. The Balaban J connectivity index is 0.000000215. The van der Waals surface area contributed by atoms with E-state index in [0.717, 1.165) is 0 Å². The Hall–Kier alpha value is -3.44. The predicted octanol–water partition coefficient (Wildman–Crippen LogP) is 1.28. The van der Waals surface area contributed by atoms with Gasteiger partial charge < -0.3 is 19.3 Å². The average Bonchev–Trinajstić information content (AvgIpc) is 3.40. The maximum atomic E-state index is 12.0. The van der Waals surface area contributed by atoms with Crippen LogP contribution in [0.15, 0.2) is 26.0 Å². The summed E-state index contributed by atoms with van der Waals surface area (Å²) >= 11 is 3.31. The molecule has 19 heteroatoms. The summed E-state index contributed by atoms with van der Waals surface area (Å²) in [5.74, 6) is -0.451. The Morgan fingerprint density at radius 3 is 2.45 bits per heavy atom. The number of aliphatic hydroxyl groups excluding tert-OH is 1. The summed E-state index contributed by atoms with van der Waals surface area (Å²) < 4.78 is 17.0. The molecule has 0 aromatic carbocycles. The minimum atomic E-state index is -1.05. The summed E-state index contributed by atoms with van der Waals surface area (Å²) in [5.41, 5.74) is 16.3. The fourth-order valence-corrected chi connectivity index (χ4v) is 5.18. The molecule has 8 unspecified atom stereocenters. The number of ether oxygens (including phenoxy) is 3. The number of alkyl halides is 1. The summed E-state index contributed by atoms with van der Waals surface area (Å²) in [6.45, 7) is 3.05. The number of carbonyl (C=O) groups excluding carboxylic acids is 2. The van der Waals surface area contributed by atoms with E-state index in [4.69, 9.17) is 30.4 Å². The lowest BCUT2D eigenvalue weighted by molar-refractivity contribution is -0.140. The SMILES string of the molecule is C.CC1(Br)C(=O)NC(=O)N2C3CC(N=[N+]=[N-])C(COC21)O3.Cc1cn(C2CC(N=[N+]=[N-])C(CO)O2)c(=O)[nH]c1=O. The van der Waals surface area contributed by atoms with Gasteiger partial charge in [0.05, 0.1) is 37.5 Å². The van der Waals surface area contributed by atoms with Crippen molar-refractivity contribution in [2.45, 2.75) is 81.4 Å². The zero-order chi connectivity index (χ0) is 28.5. The van der Waals surface area contributed by atoms with E-state index in [2.05, 4.69) is 46.3 Å². The Bertz CT molecular complexity index is 1350. The first-order chi connectivity index (χ1) is 18.5. The van der Waals surface area contributed by atoms with E-state index in [1.165, 1.54) is 15.7 Å². The van der Waals surface area contributed by atoms with E-state index in [0.29, 0.717) is 12.0 Å². The molecule has 5 rings (SSSR count). The number of aliphatic hydroxyl groups is 1. The van der Waals surface area contributed by atoms with Crippen LogP contribution in [0.4, 0.5) is 4.79 Å². The van der Waals surface area contributed by atoms with Crippen LogP contribution >= 0.6 is 15.9 Å². The highest BCUT2D eigenvalue weighted by Crippen LogP contribution is 2.39. The van der Waals surface area contributed by atoms with Crippen molar-refractivity contribution in [2.24, 2.45) is 10.2 Å². The normalized spacial score (nSPS) is 34.1. The number of imide groups is 1. The second-order valence-corrected chi connectivity index (χ2v) is 11.0. The Morgan fingerprint density at radius 2 is 1.80 bits per heavy atom. The van der Waals surface area contributed by atoms with Gasteiger partial charge in [0.1, 0.15) is 16.8 Å². The van der Waals surface area contributed by atoms with E-state index in [1.807, 2.05) is 0 Å². The number of hydrogen-bond acceptors (Lipinski definition) is 10. The summed E-state index contributed by atoms with van der Waals surface area (Å²) in [6, 6.07) is -1.48. The quantitative estimate of drug-likeness (QED) is 0.189. The number of azide groups is 2. The molecule has 218 valence electrons. The van der Waals surface area contributed by atoms with Crippen LogP contribution in [0.2, 0.25) is 0 Å². The molecule has 1 aromatic heterocycles. The van der Waals surface area contributed by atoms with Crippen molar-refractivity contribution in [3.8, 4) is 0 Å². The van der Waals surface area contributed by atoms with Gasteiger partial charge in [0.15, 0.2) is 6.23 Å². The third-order valence-electron chi connectivity index (χ3n) is 6.79. The van der Waals surface area contributed by atoms with Crippen molar-refractivity contribution in [2.75, 3.05) is 13.2 Å². The molecule has 4 aliphatic rings. The number of rotatable bonds is 4. The van der Waals surface area contributed by atoms with Crippen LogP contribution in [-0.2, 0) is 19.0 Å². The highest BCUT2D eigenvalue weighted by molar-refractivity contribution is 9.10.